The Balaban J connectivity index is 1.87. The minimum atomic E-state index is -0.261. The van der Waals surface area contributed by atoms with Crippen molar-refractivity contribution in [2.75, 3.05) is 0 Å². The first-order chi connectivity index (χ1) is 11.9. The van der Waals surface area contributed by atoms with E-state index in [0.717, 1.165) is 21.1 Å². The molecule has 0 radical (unpaired) electrons. The molecule has 130 valence electrons. The summed E-state index contributed by atoms with van der Waals surface area (Å²) in [5.74, 6) is -0.261. The molecule has 0 spiro atoms. The fraction of sp³-hybridized carbons (Fsp3) is 0.278. The molecule has 1 atom stereocenters. The van der Waals surface area contributed by atoms with E-state index in [1.54, 1.807) is 42.0 Å². The van der Waals surface area contributed by atoms with E-state index < -0.39 is 0 Å². The van der Waals surface area contributed by atoms with Gasteiger partial charge in [0.25, 0.3) is 11.5 Å². The number of amides is 1. The smallest absolute Gasteiger partial charge is 0.252 e. The van der Waals surface area contributed by atoms with Crippen molar-refractivity contribution < 1.29 is 4.79 Å². The number of hydrogen-bond acceptors (Lipinski definition) is 5. The third-order valence-electron chi connectivity index (χ3n) is 4.03. The lowest BCUT2D eigenvalue weighted by Gasteiger charge is -2.16. The molecule has 0 bridgehead atoms. The molecular formula is C18H19N3O2S2. The van der Waals surface area contributed by atoms with Gasteiger partial charge >= 0.3 is 0 Å². The number of nitrogens with one attached hydrogen (secondary N) is 1. The molecule has 3 aromatic heterocycles. The van der Waals surface area contributed by atoms with Gasteiger partial charge in [-0.15, -0.1) is 11.3 Å². The first-order valence-corrected chi connectivity index (χ1v) is 9.62. The number of aryl methyl sites for hydroxylation is 3. The molecular weight excluding hydrogens is 354 g/mol. The average Bonchev–Trinajstić information content (AvgIpc) is 3.19. The van der Waals surface area contributed by atoms with Gasteiger partial charge in [-0.25, -0.2) is 4.98 Å². The van der Waals surface area contributed by atoms with Crippen LogP contribution in [0.25, 0.3) is 0 Å². The standard InChI is InChI=1S/C18H19N3O2S2/c1-11-12(2)25-18(19-11)15(8-13-5-7-24-10-13)20-17(23)14-4-6-21(3)16(22)9-14/h4-7,9-10,15H,8H2,1-3H3,(H,20,23)/t15-/m1/s1. The Kier molecular flexibility index (Phi) is 5.15. The lowest BCUT2D eigenvalue weighted by molar-refractivity contribution is 0.0936. The molecule has 0 fully saturated rings. The number of carbonyl (C=O) groups is 1. The maximum absolute atomic E-state index is 12.6. The summed E-state index contributed by atoms with van der Waals surface area (Å²) in [4.78, 5) is 30.2. The van der Waals surface area contributed by atoms with Gasteiger partial charge in [0, 0.05) is 36.2 Å². The van der Waals surface area contributed by atoms with E-state index >= 15 is 0 Å². The molecule has 0 aliphatic carbocycles. The highest BCUT2D eigenvalue weighted by atomic mass is 32.1. The van der Waals surface area contributed by atoms with Crippen LogP contribution in [-0.2, 0) is 13.5 Å². The van der Waals surface area contributed by atoms with Crippen LogP contribution in [0.5, 0.6) is 0 Å². The molecule has 0 saturated carbocycles. The highest BCUT2D eigenvalue weighted by Crippen LogP contribution is 2.26. The maximum Gasteiger partial charge on any atom is 0.252 e. The molecule has 0 unspecified atom stereocenters. The predicted octanol–water partition coefficient (Wildman–Crippen LogP) is 3.23. The van der Waals surface area contributed by atoms with Crippen molar-refractivity contribution in [1.29, 1.82) is 0 Å². The summed E-state index contributed by atoms with van der Waals surface area (Å²) in [6.07, 6.45) is 2.27. The van der Waals surface area contributed by atoms with Crippen LogP contribution in [0.4, 0.5) is 0 Å². The fourth-order valence-corrected chi connectivity index (χ4v) is 4.08. The second-order valence-electron chi connectivity index (χ2n) is 5.92. The minimum Gasteiger partial charge on any atom is -0.342 e. The van der Waals surface area contributed by atoms with Gasteiger partial charge in [0.2, 0.25) is 0 Å². The monoisotopic (exact) mass is 373 g/mol. The number of carbonyl (C=O) groups excluding carboxylic acids is 1. The van der Waals surface area contributed by atoms with E-state index in [1.165, 1.54) is 10.6 Å². The normalized spacial score (nSPS) is 12.1. The van der Waals surface area contributed by atoms with Crippen molar-refractivity contribution in [3.63, 3.8) is 0 Å². The average molecular weight is 374 g/mol. The summed E-state index contributed by atoms with van der Waals surface area (Å²) in [5.41, 5.74) is 2.30. The first kappa shape index (κ1) is 17.6. The summed E-state index contributed by atoms with van der Waals surface area (Å²) in [6.45, 7) is 4.00. The second kappa shape index (κ2) is 7.33. The van der Waals surface area contributed by atoms with Crippen LogP contribution in [0.15, 0.2) is 40.0 Å². The van der Waals surface area contributed by atoms with Gasteiger partial charge in [-0.05, 0) is 42.3 Å². The largest absolute Gasteiger partial charge is 0.342 e. The highest BCUT2D eigenvalue weighted by Gasteiger charge is 2.21. The van der Waals surface area contributed by atoms with Crippen LogP contribution in [0, 0.1) is 13.8 Å². The Bertz CT molecular complexity index is 922. The summed E-state index contributed by atoms with van der Waals surface area (Å²) in [6, 6.07) is 4.84. The number of thiophene rings is 1. The number of hydrogen-bond donors (Lipinski definition) is 1. The predicted molar refractivity (Wildman–Crippen MR) is 102 cm³/mol. The Labute approximate surface area is 154 Å². The van der Waals surface area contributed by atoms with Crippen LogP contribution < -0.4 is 10.9 Å². The van der Waals surface area contributed by atoms with Crippen molar-refractivity contribution >= 4 is 28.6 Å². The van der Waals surface area contributed by atoms with Gasteiger partial charge in [0.15, 0.2) is 0 Å². The van der Waals surface area contributed by atoms with Crippen LogP contribution in [0.3, 0.4) is 0 Å². The second-order valence-corrected chi connectivity index (χ2v) is 7.93. The van der Waals surface area contributed by atoms with Gasteiger partial charge < -0.3 is 9.88 Å². The lowest BCUT2D eigenvalue weighted by atomic mass is 10.1. The van der Waals surface area contributed by atoms with E-state index in [9.17, 15) is 9.59 Å². The van der Waals surface area contributed by atoms with Gasteiger partial charge in [-0.2, -0.15) is 11.3 Å². The van der Waals surface area contributed by atoms with Crippen LogP contribution in [0.1, 0.15) is 37.5 Å². The molecule has 5 nitrogen and oxygen atoms in total. The zero-order valence-electron chi connectivity index (χ0n) is 14.3. The summed E-state index contributed by atoms with van der Waals surface area (Å²) in [7, 11) is 1.66. The van der Waals surface area contributed by atoms with Crippen molar-refractivity contribution in [2.45, 2.75) is 26.3 Å². The molecule has 25 heavy (non-hydrogen) atoms. The summed E-state index contributed by atoms with van der Waals surface area (Å²) < 4.78 is 1.44. The molecule has 1 amide bonds. The molecule has 0 saturated heterocycles. The molecule has 0 aromatic carbocycles. The fourth-order valence-electron chi connectivity index (χ4n) is 2.42. The van der Waals surface area contributed by atoms with Gasteiger partial charge in [0.05, 0.1) is 11.7 Å². The lowest BCUT2D eigenvalue weighted by Crippen LogP contribution is -2.31. The van der Waals surface area contributed by atoms with Crippen LogP contribution in [0.2, 0.25) is 0 Å². The topological polar surface area (TPSA) is 64.0 Å². The van der Waals surface area contributed by atoms with Crippen molar-refractivity contribution in [1.82, 2.24) is 14.9 Å². The highest BCUT2D eigenvalue weighted by molar-refractivity contribution is 7.11. The Hall–Kier alpha value is -2.25. The number of aromatic nitrogens is 2. The number of rotatable bonds is 5. The molecule has 3 heterocycles. The van der Waals surface area contributed by atoms with E-state index in [4.69, 9.17) is 0 Å². The van der Waals surface area contributed by atoms with Gasteiger partial charge in [0.1, 0.15) is 5.01 Å². The van der Waals surface area contributed by atoms with E-state index in [0.29, 0.717) is 12.0 Å². The van der Waals surface area contributed by atoms with Crippen molar-refractivity contribution in [3.05, 3.63) is 72.2 Å². The first-order valence-electron chi connectivity index (χ1n) is 7.86. The van der Waals surface area contributed by atoms with Crippen LogP contribution >= 0.6 is 22.7 Å². The zero-order valence-corrected chi connectivity index (χ0v) is 15.9. The van der Waals surface area contributed by atoms with Crippen LogP contribution in [-0.4, -0.2) is 15.5 Å². The minimum absolute atomic E-state index is 0.206. The third kappa shape index (κ3) is 4.05. The molecule has 0 aliphatic rings. The number of nitrogens with zero attached hydrogens (tertiary/aromatic N) is 2. The molecule has 3 rings (SSSR count). The van der Waals surface area contributed by atoms with E-state index in [1.807, 2.05) is 19.2 Å². The zero-order chi connectivity index (χ0) is 18.0. The number of thiazole rings is 1. The van der Waals surface area contributed by atoms with Gasteiger partial charge in [-0.3, -0.25) is 9.59 Å². The van der Waals surface area contributed by atoms with Gasteiger partial charge in [-0.1, -0.05) is 0 Å². The Morgan fingerprint density at radius 3 is 2.76 bits per heavy atom. The maximum atomic E-state index is 12.6. The number of pyridine rings is 1. The third-order valence-corrected chi connectivity index (χ3v) is 5.95. The Morgan fingerprint density at radius 2 is 2.16 bits per heavy atom. The quantitative estimate of drug-likeness (QED) is 0.747. The van der Waals surface area contributed by atoms with Crippen molar-refractivity contribution in [3.8, 4) is 0 Å². The molecule has 1 N–H and O–H groups in total. The molecule has 7 heteroatoms. The van der Waals surface area contributed by atoms with E-state index in [2.05, 4.69) is 21.7 Å². The SMILES string of the molecule is Cc1nc([C@@H](Cc2ccsc2)NC(=O)c2ccn(C)c(=O)c2)sc1C. The van der Waals surface area contributed by atoms with E-state index in [-0.39, 0.29) is 17.5 Å². The summed E-state index contributed by atoms with van der Waals surface area (Å²) >= 11 is 3.23. The Morgan fingerprint density at radius 1 is 1.36 bits per heavy atom. The van der Waals surface area contributed by atoms with Crippen molar-refractivity contribution in [2.24, 2.45) is 7.05 Å². The summed E-state index contributed by atoms with van der Waals surface area (Å²) in [5, 5.41) is 8.02. The molecule has 3 aromatic rings. The molecule has 0 aliphatic heterocycles.